The third kappa shape index (κ3) is 5.09. The molecule has 2 aliphatic rings. The number of nitrogens with zero attached hydrogens (tertiary/aromatic N) is 3. The van der Waals surface area contributed by atoms with Crippen molar-refractivity contribution < 1.29 is 29.6 Å². The molecule has 6 rings (SSSR count). The van der Waals surface area contributed by atoms with Crippen molar-refractivity contribution in [3.8, 4) is 28.4 Å². The van der Waals surface area contributed by atoms with Gasteiger partial charge in [0, 0.05) is 24.2 Å². The first kappa shape index (κ1) is 25.7. The highest BCUT2D eigenvalue weighted by Gasteiger charge is 2.37. The molecule has 0 radical (unpaired) electrons. The topological polar surface area (TPSA) is 141 Å². The predicted molar refractivity (Wildman–Crippen MR) is 144 cm³/mol. The van der Waals surface area contributed by atoms with Crippen LogP contribution in [0.5, 0.6) is 6.01 Å². The summed E-state index contributed by atoms with van der Waals surface area (Å²) >= 11 is 6.55. The van der Waals surface area contributed by atoms with Crippen molar-refractivity contribution in [3.63, 3.8) is 0 Å². The third-order valence-electron chi connectivity index (χ3n) is 7.16. The lowest BCUT2D eigenvalue weighted by Gasteiger charge is -2.15. The second kappa shape index (κ2) is 10.6. The van der Waals surface area contributed by atoms with E-state index >= 15 is 0 Å². The lowest BCUT2D eigenvalue weighted by Crippen LogP contribution is -2.36. The van der Waals surface area contributed by atoms with E-state index in [0.29, 0.717) is 47.0 Å². The fourth-order valence-electron chi connectivity index (χ4n) is 4.95. The maximum absolute atomic E-state index is 12.6. The Balaban J connectivity index is 1.18. The van der Waals surface area contributed by atoms with Crippen LogP contribution >= 0.6 is 11.6 Å². The molecular weight excluding hydrogens is 524 g/mol. The van der Waals surface area contributed by atoms with Gasteiger partial charge in [0.15, 0.2) is 11.8 Å². The van der Waals surface area contributed by atoms with Gasteiger partial charge in [0.25, 0.3) is 11.9 Å². The van der Waals surface area contributed by atoms with E-state index in [1.807, 2.05) is 36.4 Å². The summed E-state index contributed by atoms with van der Waals surface area (Å²) in [5.74, 6) is -0.0708. The normalized spacial score (nSPS) is 23.0. The van der Waals surface area contributed by atoms with Crippen LogP contribution in [-0.2, 0) is 4.74 Å². The van der Waals surface area contributed by atoms with Crippen molar-refractivity contribution in [2.75, 3.05) is 26.3 Å². The Labute approximate surface area is 228 Å². The number of carbonyl (C=O) groups is 1. The van der Waals surface area contributed by atoms with Crippen LogP contribution in [0, 0.1) is 0 Å². The Bertz CT molecular complexity index is 1490. The van der Waals surface area contributed by atoms with Crippen LogP contribution in [0.15, 0.2) is 54.6 Å². The molecule has 4 N–H and O–H groups in total. The van der Waals surface area contributed by atoms with E-state index in [0.717, 1.165) is 16.7 Å². The molecule has 0 spiro atoms. The van der Waals surface area contributed by atoms with E-state index in [9.17, 15) is 20.1 Å². The Morgan fingerprint density at radius 1 is 1.08 bits per heavy atom. The Morgan fingerprint density at radius 2 is 1.77 bits per heavy atom. The minimum absolute atomic E-state index is 0.0708. The highest BCUT2D eigenvalue weighted by Crippen LogP contribution is 2.32. The number of ether oxygens (including phenoxy) is 2. The number of imidazole rings is 1. The molecule has 10 nitrogen and oxygen atoms in total. The van der Waals surface area contributed by atoms with E-state index < -0.39 is 24.4 Å². The number of β-amino-alcohol motifs (C(OH)–C–C–N with tert-alkyl or cyclic N) is 1. The number of pyridine rings is 1. The molecule has 1 amide bonds. The number of carbonyl (C=O) groups excluding carboxylic acids is 1. The minimum atomic E-state index is -0.968. The average molecular weight is 551 g/mol. The molecule has 0 aliphatic carbocycles. The minimum Gasteiger partial charge on any atom is -0.456 e. The van der Waals surface area contributed by atoms with Gasteiger partial charge < -0.3 is 34.7 Å². The van der Waals surface area contributed by atoms with Gasteiger partial charge in [-0.3, -0.25) is 4.79 Å². The number of nitrogens with one attached hydrogen (secondary N) is 1. The van der Waals surface area contributed by atoms with E-state index in [-0.39, 0.29) is 25.1 Å². The number of aliphatic hydroxyl groups is 3. The number of aliphatic hydroxyl groups excluding tert-OH is 3. The van der Waals surface area contributed by atoms with Crippen LogP contribution in [0.3, 0.4) is 0 Å². The number of aromatic amines is 1. The molecule has 4 heterocycles. The van der Waals surface area contributed by atoms with Crippen LogP contribution in [0.1, 0.15) is 16.8 Å². The van der Waals surface area contributed by atoms with Gasteiger partial charge in [0.1, 0.15) is 12.2 Å². The smallest absolute Gasteiger partial charge is 0.296 e. The van der Waals surface area contributed by atoms with Gasteiger partial charge in [-0.15, -0.1) is 0 Å². The van der Waals surface area contributed by atoms with Gasteiger partial charge >= 0.3 is 0 Å². The highest BCUT2D eigenvalue weighted by atomic mass is 35.5. The molecule has 2 aliphatic heterocycles. The summed E-state index contributed by atoms with van der Waals surface area (Å²) in [5.41, 5.74) is 4.89. The van der Waals surface area contributed by atoms with Crippen molar-refractivity contribution in [2.45, 2.75) is 30.8 Å². The first-order valence-corrected chi connectivity index (χ1v) is 13.1. The first-order valence-electron chi connectivity index (χ1n) is 12.7. The van der Waals surface area contributed by atoms with Gasteiger partial charge in [0.2, 0.25) is 0 Å². The second-order valence-corrected chi connectivity index (χ2v) is 10.2. The summed E-state index contributed by atoms with van der Waals surface area (Å²) in [6.07, 6.45) is -2.15. The summed E-state index contributed by atoms with van der Waals surface area (Å²) in [5, 5.41) is 29.6. The molecule has 39 heavy (non-hydrogen) atoms. The van der Waals surface area contributed by atoms with Gasteiger partial charge in [-0.05, 0) is 35.7 Å². The Hall–Kier alpha value is -3.54. The van der Waals surface area contributed by atoms with Gasteiger partial charge in [-0.1, -0.05) is 48.0 Å². The molecule has 4 aromatic rings. The van der Waals surface area contributed by atoms with E-state index in [4.69, 9.17) is 21.1 Å². The molecular formula is C28H27ClN4O6. The van der Waals surface area contributed by atoms with Crippen LogP contribution in [0.25, 0.3) is 33.5 Å². The number of aromatic nitrogens is 3. The molecule has 2 aromatic carbocycles. The van der Waals surface area contributed by atoms with Crippen molar-refractivity contribution in [1.29, 1.82) is 0 Å². The zero-order valence-corrected chi connectivity index (χ0v) is 21.6. The fraction of sp³-hybridized carbons (Fsp3) is 0.321. The average Bonchev–Trinajstić information content (AvgIpc) is 3.66. The van der Waals surface area contributed by atoms with E-state index in [1.165, 1.54) is 0 Å². The number of hydrogen-bond donors (Lipinski definition) is 4. The summed E-state index contributed by atoms with van der Waals surface area (Å²) < 4.78 is 11.1. The number of amides is 1. The summed E-state index contributed by atoms with van der Waals surface area (Å²) in [6, 6.07) is 17.1. The Morgan fingerprint density at radius 3 is 2.41 bits per heavy atom. The zero-order chi connectivity index (χ0) is 27.1. The third-order valence-corrected chi connectivity index (χ3v) is 7.45. The number of rotatable bonds is 6. The SMILES string of the molecule is O=C(c1ccc(-c2ccc(-c3nc4nc(OC5COC(CO)C5O)[nH]c4cc3Cl)cc2)cc1)N1CCC(O)C1. The van der Waals surface area contributed by atoms with Gasteiger partial charge in [0.05, 0.1) is 35.6 Å². The molecule has 4 unspecified atom stereocenters. The second-order valence-electron chi connectivity index (χ2n) is 9.78. The van der Waals surface area contributed by atoms with Crippen molar-refractivity contribution in [2.24, 2.45) is 0 Å². The maximum Gasteiger partial charge on any atom is 0.296 e. The molecule has 2 fully saturated rings. The van der Waals surface area contributed by atoms with Crippen LogP contribution in [0.4, 0.5) is 0 Å². The summed E-state index contributed by atoms with van der Waals surface area (Å²) in [6.45, 7) is 0.787. The van der Waals surface area contributed by atoms with Gasteiger partial charge in [-0.25, -0.2) is 4.98 Å². The summed E-state index contributed by atoms with van der Waals surface area (Å²) in [7, 11) is 0. The lowest BCUT2D eigenvalue weighted by atomic mass is 10.0. The number of likely N-dealkylation sites (tertiary alicyclic amines) is 1. The molecule has 2 aromatic heterocycles. The number of fused-ring (bicyclic) bond motifs is 1. The zero-order valence-electron chi connectivity index (χ0n) is 20.8. The standard InChI is InChI=1S/C28H27ClN4O6/c29-20-11-21-26(32-28(30-21)39-23-14-38-22(13-34)25(23)36)31-24(20)17-5-1-15(2-6-17)16-3-7-18(8-4-16)27(37)33-10-9-19(35)12-33/h1-8,11,19,22-23,25,34-36H,9-10,12-14H2,(H,30,31,32). The molecule has 2 saturated heterocycles. The molecule has 0 saturated carbocycles. The molecule has 4 atom stereocenters. The lowest BCUT2D eigenvalue weighted by molar-refractivity contribution is -0.00390. The van der Waals surface area contributed by atoms with Gasteiger partial charge in [-0.2, -0.15) is 4.98 Å². The number of halogens is 1. The highest BCUT2D eigenvalue weighted by molar-refractivity contribution is 6.33. The quantitative estimate of drug-likeness (QED) is 0.287. The van der Waals surface area contributed by atoms with Crippen molar-refractivity contribution in [3.05, 3.63) is 65.2 Å². The predicted octanol–water partition coefficient (Wildman–Crippen LogP) is 2.65. The van der Waals surface area contributed by atoms with Crippen LogP contribution < -0.4 is 4.74 Å². The summed E-state index contributed by atoms with van der Waals surface area (Å²) in [4.78, 5) is 26.3. The number of hydrogen-bond acceptors (Lipinski definition) is 8. The number of H-pyrrole nitrogens is 1. The Kier molecular flexibility index (Phi) is 6.96. The number of benzene rings is 2. The van der Waals surface area contributed by atoms with Crippen LogP contribution in [-0.4, -0.2) is 91.8 Å². The maximum atomic E-state index is 12.6. The fourth-order valence-corrected chi connectivity index (χ4v) is 5.21. The molecule has 11 heteroatoms. The first-order chi connectivity index (χ1) is 18.9. The molecule has 202 valence electrons. The monoisotopic (exact) mass is 550 g/mol. The van der Waals surface area contributed by atoms with Crippen molar-refractivity contribution >= 4 is 28.7 Å². The molecule has 0 bridgehead atoms. The van der Waals surface area contributed by atoms with Crippen LogP contribution in [0.2, 0.25) is 5.02 Å². The van der Waals surface area contributed by atoms with E-state index in [1.54, 1.807) is 23.1 Å². The van der Waals surface area contributed by atoms with Crippen molar-refractivity contribution in [1.82, 2.24) is 19.9 Å². The van der Waals surface area contributed by atoms with E-state index in [2.05, 4.69) is 15.0 Å². The largest absolute Gasteiger partial charge is 0.456 e.